The molecule has 0 heterocycles. The fraction of sp³-hybridized carbons (Fsp3) is 0.692. The smallest absolute Gasteiger partial charge is 0.310 e. The van der Waals surface area contributed by atoms with Gasteiger partial charge in [-0.05, 0) is 19.3 Å². The minimum atomic E-state index is -1.18. The van der Waals surface area contributed by atoms with Gasteiger partial charge in [0, 0.05) is 6.61 Å². The van der Waals surface area contributed by atoms with Crippen LogP contribution in [0.25, 0.3) is 0 Å². The molecule has 2 atom stereocenters. The van der Waals surface area contributed by atoms with Crippen molar-refractivity contribution in [1.29, 1.82) is 0 Å². The van der Waals surface area contributed by atoms with Gasteiger partial charge in [0.25, 0.3) is 0 Å². The number of rotatable bonds is 7. The molecule has 0 bridgehead atoms. The number of hydrogen-bond donors (Lipinski definition) is 2. The zero-order chi connectivity index (χ0) is 13.6. The van der Waals surface area contributed by atoms with E-state index < -0.39 is 23.3 Å². The molecule has 0 aromatic heterocycles. The summed E-state index contributed by atoms with van der Waals surface area (Å²) in [6.07, 6.45) is 4.22. The maximum absolute atomic E-state index is 11.5. The van der Waals surface area contributed by atoms with Crippen molar-refractivity contribution in [3.63, 3.8) is 0 Å². The number of carbonyl (C=O) groups is 2. The van der Waals surface area contributed by atoms with Gasteiger partial charge < -0.3 is 14.9 Å². The lowest BCUT2D eigenvalue weighted by molar-refractivity contribution is -0.167. The Morgan fingerprint density at radius 1 is 1.39 bits per heavy atom. The maximum Gasteiger partial charge on any atom is 0.310 e. The molecule has 5 nitrogen and oxygen atoms in total. The van der Waals surface area contributed by atoms with Crippen molar-refractivity contribution in [2.24, 2.45) is 11.3 Å². The van der Waals surface area contributed by atoms with Crippen LogP contribution in [0.2, 0.25) is 0 Å². The maximum atomic E-state index is 11.5. The average molecular weight is 256 g/mol. The Kier molecular flexibility index (Phi) is 5.34. The highest BCUT2D eigenvalue weighted by Crippen LogP contribution is 2.44. The van der Waals surface area contributed by atoms with E-state index in [0.29, 0.717) is 19.4 Å². The van der Waals surface area contributed by atoms with Gasteiger partial charge in [0.05, 0.1) is 17.9 Å². The van der Waals surface area contributed by atoms with Crippen LogP contribution in [0.3, 0.4) is 0 Å². The molecule has 0 aliphatic heterocycles. The Balaban J connectivity index is 2.78. The number of hydrogen-bond acceptors (Lipinski definition) is 3. The summed E-state index contributed by atoms with van der Waals surface area (Å²) in [4.78, 5) is 22.8. The summed E-state index contributed by atoms with van der Waals surface area (Å²) >= 11 is 0. The zero-order valence-corrected chi connectivity index (χ0v) is 10.4. The average Bonchev–Trinajstić information content (AvgIpc) is 2.34. The van der Waals surface area contributed by atoms with Gasteiger partial charge in [-0.2, -0.15) is 0 Å². The predicted molar refractivity (Wildman–Crippen MR) is 65.3 cm³/mol. The third kappa shape index (κ3) is 3.10. The lowest BCUT2D eigenvalue weighted by Crippen LogP contribution is -2.45. The number of ether oxygens (including phenoxy) is 1. The molecule has 0 amide bonds. The minimum absolute atomic E-state index is 0.243. The van der Waals surface area contributed by atoms with Gasteiger partial charge in [0.2, 0.25) is 0 Å². The van der Waals surface area contributed by atoms with Gasteiger partial charge in [-0.1, -0.05) is 18.9 Å². The van der Waals surface area contributed by atoms with Crippen LogP contribution in [0.5, 0.6) is 0 Å². The van der Waals surface area contributed by atoms with Crippen molar-refractivity contribution in [2.75, 3.05) is 13.2 Å². The van der Waals surface area contributed by atoms with E-state index in [1.807, 2.05) is 0 Å². The van der Waals surface area contributed by atoms with Gasteiger partial charge >= 0.3 is 11.9 Å². The molecular weight excluding hydrogens is 236 g/mol. The van der Waals surface area contributed by atoms with Crippen LogP contribution >= 0.6 is 0 Å². The number of carboxylic acid groups (broad SMARTS) is 2. The van der Waals surface area contributed by atoms with Crippen LogP contribution in [0.4, 0.5) is 0 Å². The quantitative estimate of drug-likeness (QED) is 0.537. The normalized spacial score (nSPS) is 27.7. The standard InChI is InChI=1S/C13H20O5/c1-2-8-18-9-7-13(12(16)17)6-4-3-5-10(13)11(14)15/h2,10H,1,3-9H2,(H,14,15)(H,16,17). The first-order valence-corrected chi connectivity index (χ1v) is 6.19. The molecular formula is C13H20O5. The van der Waals surface area contributed by atoms with Crippen LogP contribution < -0.4 is 0 Å². The predicted octanol–water partition coefficient (Wildman–Crippen LogP) is 1.92. The molecule has 1 aliphatic rings. The molecule has 0 aromatic carbocycles. The summed E-state index contributed by atoms with van der Waals surface area (Å²) in [5, 5.41) is 18.6. The molecule has 0 aromatic rings. The second-order valence-electron chi connectivity index (χ2n) is 4.71. The van der Waals surface area contributed by atoms with Gasteiger partial charge in [-0.15, -0.1) is 6.58 Å². The summed E-state index contributed by atoms with van der Waals surface area (Å²) in [7, 11) is 0. The molecule has 1 rings (SSSR count). The SMILES string of the molecule is C=CCOCCC1(C(=O)O)CCCCC1C(=O)O. The number of aliphatic carboxylic acids is 2. The van der Waals surface area contributed by atoms with Crippen molar-refractivity contribution < 1.29 is 24.5 Å². The topological polar surface area (TPSA) is 83.8 Å². The summed E-state index contributed by atoms with van der Waals surface area (Å²) in [6.45, 7) is 4.11. The highest BCUT2D eigenvalue weighted by Gasteiger charge is 2.50. The molecule has 1 aliphatic carbocycles. The lowest BCUT2D eigenvalue weighted by atomic mass is 9.64. The molecule has 2 N–H and O–H groups in total. The molecule has 0 radical (unpaired) electrons. The van der Waals surface area contributed by atoms with Crippen molar-refractivity contribution in [3.8, 4) is 0 Å². The minimum Gasteiger partial charge on any atom is -0.481 e. The van der Waals surface area contributed by atoms with E-state index in [4.69, 9.17) is 4.74 Å². The zero-order valence-electron chi connectivity index (χ0n) is 10.4. The second kappa shape index (κ2) is 6.54. The molecule has 2 unspecified atom stereocenters. The third-order valence-electron chi connectivity index (χ3n) is 3.68. The molecule has 18 heavy (non-hydrogen) atoms. The molecule has 102 valence electrons. The van der Waals surface area contributed by atoms with Crippen molar-refractivity contribution in [2.45, 2.75) is 32.1 Å². The fourth-order valence-corrected chi connectivity index (χ4v) is 2.68. The Morgan fingerprint density at radius 3 is 2.67 bits per heavy atom. The Hall–Kier alpha value is -1.36. The molecule has 0 spiro atoms. The van der Waals surface area contributed by atoms with E-state index in [9.17, 15) is 19.8 Å². The Morgan fingerprint density at radius 2 is 2.11 bits per heavy atom. The van der Waals surface area contributed by atoms with Crippen molar-refractivity contribution in [3.05, 3.63) is 12.7 Å². The highest BCUT2D eigenvalue weighted by molar-refractivity contribution is 5.83. The Labute approximate surface area is 106 Å². The largest absolute Gasteiger partial charge is 0.481 e. The van der Waals surface area contributed by atoms with Crippen LogP contribution in [-0.2, 0) is 14.3 Å². The summed E-state index contributed by atoms with van der Waals surface area (Å²) < 4.78 is 5.21. The third-order valence-corrected chi connectivity index (χ3v) is 3.68. The van der Waals surface area contributed by atoms with Gasteiger partial charge in [0.1, 0.15) is 0 Å². The van der Waals surface area contributed by atoms with Gasteiger partial charge in [-0.25, -0.2) is 0 Å². The monoisotopic (exact) mass is 256 g/mol. The van der Waals surface area contributed by atoms with Crippen LogP contribution in [-0.4, -0.2) is 35.4 Å². The van der Waals surface area contributed by atoms with E-state index in [2.05, 4.69) is 6.58 Å². The summed E-state index contributed by atoms with van der Waals surface area (Å²) in [5.41, 5.74) is -1.18. The van der Waals surface area contributed by atoms with E-state index in [1.165, 1.54) is 0 Å². The summed E-state index contributed by atoms with van der Waals surface area (Å²) in [5.74, 6) is -2.84. The lowest BCUT2D eigenvalue weighted by Gasteiger charge is -2.38. The fourth-order valence-electron chi connectivity index (χ4n) is 2.68. The molecule has 1 fully saturated rings. The summed E-state index contributed by atoms with van der Waals surface area (Å²) in [6, 6.07) is 0. The van der Waals surface area contributed by atoms with E-state index >= 15 is 0 Å². The molecule has 5 heteroatoms. The second-order valence-corrected chi connectivity index (χ2v) is 4.71. The first-order chi connectivity index (χ1) is 8.54. The van der Waals surface area contributed by atoms with E-state index in [0.717, 1.165) is 12.8 Å². The molecule has 1 saturated carbocycles. The van der Waals surface area contributed by atoms with Gasteiger partial charge in [0.15, 0.2) is 0 Å². The number of carboxylic acids is 2. The van der Waals surface area contributed by atoms with Crippen LogP contribution in [0, 0.1) is 11.3 Å². The van der Waals surface area contributed by atoms with Crippen molar-refractivity contribution >= 4 is 11.9 Å². The first-order valence-electron chi connectivity index (χ1n) is 6.19. The van der Waals surface area contributed by atoms with Crippen LogP contribution in [0.15, 0.2) is 12.7 Å². The van der Waals surface area contributed by atoms with Crippen molar-refractivity contribution in [1.82, 2.24) is 0 Å². The Bertz CT molecular complexity index is 325. The van der Waals surface area contributed by atoms with E-state index in [-0.39, 0.29) is 13.0 Å². The first kappa shape index (κ1) is 14.7. The van der Waals surface area contributed by atoms with E-state index in [1.54, 1.807) is 6.08 Å². The highest BCUT2D eigenvalue weighted by atomic mass is 16.5. The van der Waals surface area contributed by atoms with Gasteiger partial charge in [-0.3, -0.25) is 9.59 Å². The van der Waals surface area contributed by atoms with Crippen LogP contribution in [0.1, 0.15) is 32.1 Å². The molecule has 0 saturated heterocycles.